The van der Waals surface area contributed by atoms with Gasteiger partial charge in [-0.3, -0.25) is 0 Å². The van der Waals surface area contributed by atoms with Crippen molar-refractivity contribution in [3.05, 3.63) is 0 Å². The van der Waals surface area contributed by atoms with E-state index in [2.05, 4.69) is 27.7 Å². The molecule has 1 heteroatoms. The van der Waals surface area contributed by atoms with Crippen molar-refractivity contribution in [3.63, 3.8) is 0 Å². The summed E-state index contributed by atoms with van der Waals surface area (Å²) in [6.45, 7) is 9.88. The fraction of sp³-hybridized carbons (Fsp3) is 1.00. The van der Waals surface area contributed by atoms with Gasteiger partial charge in [0.05, 0.1) is 0 Å². The second-order valence-electron chi connectivity index (χ2n) is 8.25. The van der Waals surface area contributed by atoms with Crippen LogP contribution in [-0.2, 0) is 0 Å². The van der Waals surface area contributed by atoms with Crippen molar-refractivity contribution < 1.29 is 5.11 Å². The van der Waals surface area contributed by atoms with Crippen LogP contribution in [0.2, 0.25) is 0 Å². The van der Waals surface area contributed by atoms with Crippen LogP contribution in [-0.4, -0.2) is 11.7 Å². The third-order valence-electron chi connectivity index (χ3n) is 5.44. The van der Waals surface area contributed by atoms with E-state index >= 15 is 0 Å². The lowest BCUT2D eigenvalue weighted by Gasteiger charge is -2.16. The zero-order chi connectivity index (χ0) is 17.3. The number of hydrogen-bond acceptors (Lipinski definition) is 1. The highest BCUT2D eigenvalue weighted by Crippen LogP contribution is 2.22. The highest BCUT2D eigenvalue weighted by molar-refractivity contribution is 4.60. The first kappa shape index (κ1) is 23.0. The number of hydrogen-bond donors (Lipinski definition) is 1. The van der Waals surface area contributed by atoms with Gasteiger partial charge in [0, 0.05) is 6.61 Å². The molecular formula is C22H46O. The Hall–Kier alpha value is -0.0400. The zero-order valence-electron chi connectivity index (χ0n) is 16.8. The number of rotatable bonds is 17. The van der Waals surface area contributed by atoms with E-state index in [1.54, 1.807) is 0 Å². The highest BCUT2D eigenvalue weighted by Gasteiger charge is 2.07. The van der Waals surface area contributed by atoms with Crippen molar-refractivity contribution in [2.75, 3.05) is 6.61 Å². The molecule has 140 valence electrons. The van der Waals surface area contributed by atoms with Crippen molar-refractivity contribution in [2.45, 2.75) is 118 Å². The predicted molar refractivity (Wildman–Crippen MR) is 105 cm³/mol. The maximum Gasteiger partial charge on any atom is 0.0431 e. The van der Waals surface area contributed by atoms with Gasteiger partial charge in [-0.15, -0.1) is 0 Å². The molecular weight excluding hydrogens is 280 g/mol. The molecule has 0 heterocycles. The summed E-state index contributed by atoms with van der Waals surface area (Å²) in [5.74, 6) is 2.63. The highest BCUT2D eigenvalue weighted by atomic mass is 16.2. The van der Waals surface area contributed by atoms with E-state index in [0.29, 0.717) is 6.61 Å². The largest absolute Gasteiger partial charge is 0.396 e. The predicted octanol–water partition coefficient (Wildman–Crippen LogP) is 7.37. The van der Waals surface area contributed by atoms with Gasteiger partial charge in [-0.1, -0.05) is 105 Å². The second kappa shape index (κ2) is 16.8. The Kier molecular flexibility index (Phi) is 16.8. The van der Waals surface area contributed by atoms with Crippen LogP contribution in [0, 0.1) is 17.8 Å². The zero-order valence-corrected chi connectivity index (χ0v) is 16.8. The molecule has 1 N–H and O–H groups in total. The van der Waals surface area contributed by atoms with Crippen LogP contribution < -0.4 is 0 Å². The van der Waals surface area contributed by atoms with Crippen molar-refractivity contribution >= 4 is 0 Å². The average molecular weight is 327 g/mol. The molecule has 0 saturated heterocycles. The molecule has 0 radical (unpaired) electrons. The molecule has 0 aromatic heterocycles. The average Bonchev–Trinajstić information content (AvgIpc) is 2.52. The lowest BCUT2D eigenvalue weighted by Crippen LogP contribution is -2.01. The van der Waals surface area contributed by atoms with E-state index < -0.39 is 0 Å². The Morgan fingerprint density at radius 3 is 1.35 bits per heavy atom. The SMILES string of the molecule is CCCCCCC[C@H](C)CCC[C@H](C)CCC[C@H](C)CCCO. The Labute approximate surface area is 147 Å². The topological polar surface area (TPSA) is 20.2 Å². The van der Waals surface area contributed by atoms with Gasteiger partial charge in [0.2, 0.25) is 0 Å². The molecule has 0 fully saturated rings. The third-order valence-corrected chi connectivity index (χ3v) is 5.44. The molecule has 0 aromatic rings. The van der Waals surface area contributed by atoms with Gasteiger partial charge in [-0.2, -0.15) is 0 Å². The molecule has 23 heavy (non-hydrogen) atoms. The first-order valence-corrected chi connectivity index (χ1v) is 10.7. The second-order valence-corrected chi connectivity index (χ2v) is 8.25. The summed E-state index contributed by atoms with van der Waals surface area (Å²) in [4.78, 5) is 0. The summed E-state index contributed by atoms with van der Waals surface area (Å²) in [5, 5.41) is 8.86. The molecule has 1 nitrogen and oxygen atoms in total. The standard InChI is InChI=1S/C22H46O/c1-5-6-7-8-9-13-20(2)14-10-15-21(3)16-11-17-22(4)18-12-19-23/h20-23H,5-19H2,1-4H3/t20-,21-,22-/m0/s1. The van der Waals surface area contributed by atoms with Crippen LogP contribution in [0.5, 0.6) is 0 Å². The minimum atomic E-state index is 0.359. The van der Waals surface area contributed by atoms with Gasteiger partial charge >= 0.3 is 0 Å². The van der Waals surface area contributed by atoms with Gasteiger partial charge in [-0.05, 0) is 30.6 Å². The van der Waals surface area contributed by atoms with E-state index in [-0.39, 0.29) is 0 Å². The molecule has 3 atom stereocenters. The third kappa shape index (κ3) is 16.6. The Bertz CT molecular complexity index is 226. The monoisotopic (exact) mass is 326 g/mol. The number of unbranched alkanes of at least 4 members (excludes halogenated alkanes) is 4. The first-order chi connectivity index (χ1) is 11.1. The first-order valence-electron chi connectivity index (χ1n) is 10.7. The van der Waals surface area contributed by atoms with E-state index in [1.165, 1.54) is 83.5 Å². The van der Waals surface area contributed by atoms with Gasteiger partial charge in [-0.25, -0.2) is 0 Å². The van der Waals surface area contributed by atoms with Crippen molar-refractivity contribution in [3.8, 4) is 0 Å². The van der Waals surface area contributed by atoms with Crippen LogP contribution >= 0.6 is 0 Å². The van der Waals surface area contributed by atoms with Crippen molar-refractivity contribution in [1.29, 1.82) is 0 Å². The molecule has 0 aliphatic carbocycles. The number of aliphatic hydroxyl groups excluding tert-OH is 1. The summed E-state index contributed by atoms with van der Waals surface area (Å²) in [6.07, 6.45) is 19.1. The maximum absolute atomic E-state index is 8.86. The molecule has 0 amide bonds. The Balaban J connectivity index is 3.42. The minimum absolute atomic E-state index is 0.359. The van der Waals surface area contributed by atoms with Gasteiger partial charge < -0.3 is 5.11 Å². The summed E-state index contributed by atoms with van der Waals surface area (Å²) >= 11 is 0. The quantitative estimate of drug-likeness (QED) is 0.277. The summed E-state index contributed by atoms with van der Waals surface area (Å²) in [7, 11) is 0. The number of aliphatic hydroxyl groups is 1. The van der Waals surface area contributed by atoms with E-state index in [4.69, 9.17) is 5.11 Å². The fourth-order valence-electron chi connectivity index (χ4n) is 3.60. The lowest BCUT2D eigenvalue weighted by molar-refractivity contribution is 0.269. The Morgan fingerprint density at radius 1 is 0.522 bits per heavy atom. The van der Waals surface area contributed by atoms with Crippen molar-refractivity contribution in [1.82, 2.24) is 0 Å². The summed E-state index contributed by atoms with van der Waals surface area (Å²) in [6, 6.07) is 0. The summed E-state index contributed by atoms with van der Waals surface area (Å²) < 4.78 is 0. The van der Waals surface area contributed by atoms with E-state index in [0.717, 1.165) is 24.2 Å². The Morgan fingerprint density at radius 2 is 0.913 bits per heavy atom. The molecule has 0 aliphatic rings. The molecule has 0 unspecified atom stereocenters. The van der Waals surface area contributed by atoms with Crippen molar-refractivity contribution in [2.24, 2.45) is 17.8 Å². The van der Waals surface area contributed by atoms with Gasteiger partial charge in [0.1, 0.15) is 0 Å². The molecule has 0 aromatic carbocycles. The molecule has 0 spiro atoms. The van der Waals surface area contributed by atoms with Crippen LogP contribution in [0.4, 0.5) is 0 Å². The molecule has 0 aliphatic heterocycles. The van der Waals surface area contributed by atoms with Crippen LogP contribution in [0.1, 0.15) is 118 Å². The van der Waals surface area contributed by atoms with Crippen LogP contribution in [0.25, 0.3) is 0 Å². The lowest BCUT2D eigenvalue weighted by atomic mass is 9.91. The maximum atomic E-state index is 8.86. The van der Waals surface area contributed by atoms with Crippen LogP contribution in [0.3, 0.4) is 0 Å². The smallest absolute Gasteiger partial charge is 0.0431 e. The van der Waals surface area contributed by atoms with E-state index in [1.807, 2.05) is 0 Å². The van der Waals surface area contributed by atoms with Gasteiger partial charge in [0.15, 0.2) is 0 Å². The minimum Gasteiger partial charge on any atom is -0.396 e. The van der Waals surface area contributed by atoms with E-state index in [9.17, 15) is 0 Å². The fourth-order valence-corrected chi connectivity index (χ4v) is 3.60. The molecule has 0 saturated carbocycles. The molecule has 0 bridgehead atoms. The van der Waals surface area contributed by atoms with Crippen LogP contribution in [0.15, 0.2) is 0 Å². The molecule has 0 rings (SSSR count). The summed E-state index contributed by atoms with van der Waals surface area (Å²) in [5.41, 5.74) is 0. The normalized spacial score (nSPS) is 15.5. The van der Waals surface area contributed by atoms with Gasteiger partial charge in [0.25, 0.3) is 0 Å².